The van der Waals surface area contributed by atoms with Crippen LogP contribution in [-0.2, 0) is 11.3 Å². The van der Waals surface area contributed by atoms with Crippen LogP contribution in [0.3, 0.4) is 0 Å². The largest absolute Gasteiger partial charge is 0.491 e. The molecule has 0 spiro atoms. The van der Waals surface area contributed by atoms with Crippen molar-refractivity contribution in [3.8, 4) is 5.75 Å². The number of carbonyl (C=O) groups excluding carboxylic acids is 1. The monoisotopic (exact) mass is 572 g/mol. The van der Waals surface area contributed by atoms with Gasteiger partial charge in [-0.3, -0.25) is 4.79 Å². The summed E-state index contributed by atoms with van der Waals surface area (Å²) in [7, 11) is 0. The van der Waals surface area contributed by atoms with Gasteiger partial charge in [0.1, 0.15) is 12.4 Å². The van der Waals surface area contributed by atoms with Gasteiger partial charge in [-0.1, -0.05) is 12.1 Å². The Bertz CT molecular complexity index is 870. The molecule has 0 saturated carbocycles. The van der Waals surface area contributed by atoms with Gasteiger partial charge in [0.05, 0.1) is 19.4 Å². The van der Waals surface area contributed by atoms with Crippen LogP contribution in [-0.4, -0.2) is 51.3 Å². The molecule has 8 nitrogen and oxygen atoms in total. The molecule has 184 valence electrons. The molecule has 3 N–H and O–H groups in total. The lowest BCUT2D eigenvalue weighted by Crippen LogP contribution is -2.38. The van der Waals surface area contributed by atoms with E-state index in [4.69, 9.17) is 13.9 Å². The van der Waals surface area contributed by atoms with E-state index in [1.807, 2.05) is 39.8 Å². The van der Waals surface area contributed by atoms with E-state index in [1.165, 1.54) is 6.26 Å². The highest BCUT2D eigenvalue weighted by molar-refractivity contribution is 14.0. The summed E-state index contributed by atoms with van der Waals surface area (Å²) in [5, 5.41) is 9.42. The number of carbonyl (C=O) groups is 1. The van der Waals surface area contributed by atoms with Crippen molar-refractivity contribution >= 4 is 35.8 Å². The van der Waals surface area contributed by atoms with Crippen molar-refractivity contribution in [2.75, 3.05) is 39.5 Å². The number of aliphatic imine (C=N–C) groups is 1. The number of halogens is 1. The third-order valence-electron chi connectivity index (χ3n) is 4.66. The second kappa shape index (κ2) is 16.4. The van der Waals surface area contributed by atoms with E-state index >= 15 is 0 Å². The number of nitrogens with zero attached hydrogens (tertiary/aromatic N) is 1. The number of amides is 1. The second-order valence-electron chi connectivity index (χ2n) is 7.32. The van der Waals surface area contributed by atoms with Gasteiger partial charge in [-0.05, 0) is 51.8 Å². The van der Waals surface area contributed by atoms with Crippen LogP contribution in [0.2, 0.25) is 0 Å². The minimum absolute atomic E-state index is 0. The van der Waals surface area contributed by atoms with Gasteiger partial charge in [0.2, 0.25) is 0 Å². The first-order valence-electron chi connectivity index (χ1n) is 11.2. The number of furan rings is 1. The first kappa shape index (κ1) is 28.8. The molecule has 0 fully saturated rings. The van der Waals surface area contributed by atoms with Crippen molar-refractivity contribution in [3.05, 3.63) is 53.0 Å². The van der Waals surface area contributed by atoms with E-state index in [0.29, 0.717) is 45.2 Å². The van der Waals surface area contributed by atoms with Crippen LogP contribution in [0.5, 0.6) is 5.75 Å². The molecular formula is C24H37IN4O4. The first-order valence-corrected chi connectivity index (χ1v) is 11.2. The van der Waals surface area contributed by atoms with E-state index in [9.17, 15) is 4.79 Å². The Kier molecular flexibility index (Phi) is 14.3. The van der Waals surface area contributed by atoms with Crippen molar-refractivity contribution in [3.63, 3.8) is 0 Å². The minimum Gasteiger partial charge on any atom is -0.491 e. The Morgan fingerprint density at radius 2 is 1.85 bits per heavy atom. The van der Waals surface area contributed by atoms with Crippen LogP contribution in [0, 0.1) is 13.8 Å². The number of hydrogen-bond acceptors (Lipinski definition) is 5. The smallest absolute Gasteiger partial charge is 0.287 e. The summed E-state index contributed by atoms with van der Waals surface area (Å²) in [6.45, 7) is 12.1. The Morgan fingerprint density at radius 3 is 2.55 bits per heavy atom. The first-order chi connectivity index (χ1) is 15.5. The normalized spacial score (nSPS) is 11.0. The minimum atomic E-state index is -0.190. The van der Waals surface area contributed by atoms with Gasteiger partial charge in [0.15, 0.2) is 11.7 Å². The summed E-state index contributed by atoms with van der Waals surface area (Å²) in [6.07, 6.45) is 2.28. The summed E-state index contributed by atoms with van der Waals surface area (Å²) in [5.41, 5.74) is 2.99. The molecule has 0 saturated heterocycles. The van der Waals surface area contributed by atoms with Crippen molar-refractivity contribution in [2.24, 2.45) is 4.99 Å². The van der Waals surface area contributed by atoms with E-state index in [1.54, 1.807) is 6.07 Å². The van der Waals surface area contributed by atoms with Crippen molar-refractivity contribution in [1.29, 1.82) is 0 Å². The molecule has 0 aliphatic rings. The number of ether oxygens (including phenoxy) is 2. The third kappa shape index (κ3) is 10.5. The number of hydrogen-bond donors (Lipinski definition) is 3. The van der Waals surface area contributed by atoms with E-state index in [2.05, 4.69) is 27.0 Å². The maximum absolute atomic E-state index is 12.1. The molecule has 1 heterocycles. The predicted octanol–water partition coefficient (Wildman–Crippen LogP) is 3.80. The third-order valence-corrected chi connectivity index (χ3v) is 4.66. The number of aryl methyl sites for hydroxylation is 2. The Balaban J connectivity index is 0.00000544. The average molecular weight is 572 g/mol. The van der Waals surface area contributed by atoms with Gasteiger partial charge in [-0.25, -0.2) is 4.99 Å². The van der Waals surface area contributed by atoms with Crippen LogP contribution in [0.1, 0.15) is 47.5 Å². The fraction of sp³-hybridized carbons (Fsp3) is 0.500. The molecule has 1 amide bonds. The number of rotatable bonds is 13. The molecule has 9 heteroatoms. The van der Waals surface area contributed by atoms with Gasteiger partial charge in [0.25, 0.3) is 5.91 Å². The molecule has 0 radical (unpaired) electrons. The molecule has 0 atom stereocenters. The maximum atomic E-state index is 12.1. The standard InChI is InChI=1S/C24H36N4O4.HI/c1-5-25-24(27-12-7-11-26-23(29)22-19(4)10-13-32-22)28-17-20-9-8-18(3)16-21(20)31-15-14-30-6-2;/h8-10,13,16H,5-7,11-12,14-15,17H2,1-4H3,(H,26,29)(H2,25,27,28);1H. The van der Waals surface area contributed by atoms with Gasteiger partial charge >= 0.3 is 0 Å². The Labute approximate surface area is 213 Å². The summed E-state index contributed by atoms with van der Waals surface area (Å²) in [6, 6.07) is 7.91. The molecule has 0 unspecified atom stereocenters. The SMILES string of the molecule is CCNC(=NCc1ccc(C)cc1OCCOCC)NCCCNC(=O)c1occc1C.I. The summed E-state index contributed by atoms with van der Waals surface area (Å²) >= 11 is 0. The van der Waals surface area contributed by atoms with Gasteiger partial charge in [-0.2, -0.15) is 0 Å². The zero-order valence-electron chi connectivity index (χ0n) is 20.0. The fourth-order valence-electron chi connectivity index (χ4n) is 2.97. The lowest BCUT2D eigenvalue weighted by Gasteiger charge is -2.14. The number of nitrogens with one attached hydrogen (secondary N) is 3. The lowest BCUT2D eigenvalue weighted by molar-refractivity contribution is 0.0925. The molecule has 33 heavy (non-hydrogen) atoms. The summed E-state index contributed by atoms with van der Waals surface area (Å²) in [5.74, 6) is 1.73. The molecule has 2 aromatic rings. The quantitative estimate of drug-likeness (QED) is 0.146. The zero-order chi connectivity index (χ0) is 23.2. The molecule has 0 bridgehead atoms. The van der Waals surface area contributed by atoms with Crippen LogP contribution >= 0.6 is 24.0 Å². The molecular weight excluding hydrogens is 535 g/mol. The zero-order valence-corrected chi connectivity index (χ0v) is 22.4. The van der Waals surface area contributed by atoms with E-state index < -0.39 is 0 Å². The molecule has 1 aromatic heterocycles. The highest BCUT2D eigenvalue weighted by Gasteiger charge is 2.11. The van der Waals surface area contributed by atoms with Crippen molar-refractivity contribution in [1.82, 2.24) is 16.0 Å². The molecule has 0 aliphatic carbocycles. The topological polar surface area (TPSA) is 97.1 Å². The highest BCUT2D eigenvalue weighted by atomic mass is 127. The Morgan fingerprint density at radius 1 is 1.06 bits per heavy atom. The molecule has 1 aromatic carbocycles. The fourth-order valence-corrected chi connectivity index (χ4v) is 2.97. The number of benzene rings is 1. The second-order valence-corrected chi connectivity index (χ2v) is 7.32. The van der Waals surface area contributed by atoms with Crippen molar-refractivity contribution in [2.45, 2.75) is 40.7 Å². The van der Waals surface area contributed by atoms with Crippen molar-refractivity contribution < 1.29 is 18.7 Å². The summed E-state index contributed by atoms with van der Waals surface area (Å²) < 4.78 is 16.5. The highest BCUT2D eigenvalue weighted by Crippen LogP contribution is 2.21. The molecule has 0 aliphatic heterocycles. The predicted molar refractivity (Wildman–Crippen MR) is 142 cm³/mol. The maximum Gasteiger partial charge on any atom is 0.287 e. The van der Waals surface area contributed by atoms with Gasteiger partial charge < -0.3 is 29.8 Å². The Hall–Kier alpha value is -2.27. The summed E-state index contributed by atoms with van der Waals surface area (Å²) in [4.78, 5) is 16.8. The van der Waals surface area contributed by atoms with Crippen LogP contribution in [0.4, 0.5) is 0 Å². The lowest BCUT2D eigenvalue weighted by atomic mass is 10.1. The van der Waals surface area contributed by atoms with Crippen LogP contribution in [0.15, 0.2) is 39.9 Å². The van der Waals surface area contributed by atoms with E-state index in [-0.39, 0.29) is 29.9 Å². The number of guanidine groups is 1. The average Bonchev–Trinajstić information content (AvgIpc) is 3.21. The molecule has 2 rings (SSSR count). The van der Waals surface area contributed by atoms with Gasteiger partial charge in [-0.15, -0.1) is 24.0 Å². The van der Waals surface area contributed by atoms with E-state index in [0.717, 1.165) is 41.4 Å². The van der Waals surface area contributed by atoms with Crippen LogP contribution in [0.25, 0.3) is 0 Å². The van der Waals surface area contributed by atoms with Crippen LogP contribution < -0.4 is 20.7 Å². The van der Waals surface area contributed by atoms with Gasteiger partial charge in [0, 0.05) is 37.4 Å².